The summed E-state index contributed by atoms with van der Waals surface area (Å²) in [7, 11) is 0. The van der Waals surface area contributed by atoms with Gasteiger partial charge in [0.2, 0.25) is 11.7 Å². The van der Waals surface area contributed by atoms with Crippen molar-refractivity contribution in [1.82, 2.24) is 20.3 Å². The first-order valence-electron chi connectivity index (χ1n) is 12.8. The number of rotatable bonds is 7. The lowest BCUT2D eigenvalue weighted by atomic mass is 9.89. The monoisotopic (exact) mass is 529 g/mol. The van der Waals surface area contributed by atoms with E-state index in [1.807, 2.05) is 11.0 Å². The number of alkyl halides is 3. The summed E-state index contributed by atoms with van der Waals surface area (Å²) in [5.41, 5.74) is 7.10. The molecule has 0 bridgehead atoms. The molecule has 9 nitrogen and oxygen atoms in total. The van der Waals surface area contributed by atoms with E-state index in [0.717, 1.165) is 50.6 Å². The average molecular weight is 530 g/mol. The number of oxazole rings is 1. The highest BCUT2D eigenvalue weighted by Gasteiger charge is 2.35. The Morgan fingerprint density at radius 2 is 1.79 bits per heavy atom. The van der Waals surface area contributed by atoms with Crippen molar-refractivity contribution in [3.63, 3.8) is 0 Å². The first-order chi connectivity index (χ1) is 18.3. The highest BCUT2D eigenvalue weighted by molar-refractivity contribution is 5.93. The summed E-state index contributed by atoms with van der Waals surface area (Å²) in [4.78, 5) is 25.0. The Morgan fingerprint density at radius 1 is 1.03 bits per heavy atom. The number of carbonyl (C=O) groups excluding carboxylic acids is 1. The molecule has 38 heavy (non-hydrogen) atoms. The molecule has 2 fully saturated rings. The quantitative estimate of drug-likeness (QED) is 0.416. The van der Waals surface area contributed by atoms with Crippen LogP contribution in [0.25, 0.3) is 11.3 Å². The Hall–Kier alpha value is -3.67. The maximum Gasteiger partial charge on any atom is 0.451 e. The molecule has 3 aromatic rings. The lowest BCUT2D eigenvalue weighted by molar-refractivity contribution is -0.145. The summed E-state index contributed by atoms with van der Waals surface area (Å²) in [6.45, 7) is 1.41. The highest BCUT2D eigenvalue weighted by atomic mass is 19.4. The molecule has 202 valence electrons. The summed E-state index contributed by atoms with van der Waals surface area (Å²) in [6, 6.07) is 7.79. The standard InChI is InChI=1S/C26H30F3N7O2/c27-26(28,29)24-31-12-19(13-32-24)36-10-4-7-18(15-36)34-20-8-1-2-9-21(20)35-25-33-14-22(38-25)16-5-3-6-17(11-16)23(30)37/h3,5-6,11-14,18,20-21,34H,1-2,4,7-10,15H2,(H2,30,37)(H,33,35)/t18?,20-,21-/m1/s1. The Balaban J connectivity index is 1.22. The van der Waals surface area contributed by atoms with Crippen molar-refractivity contribution in [2.45, 2.75) is 62.8 Å². The van der Waals surface area contributed by atoms with Gasteiger partial charge in [-0.1, -0.05) is 25.0 Å². The predicted octanol–water partition coefficient (Wildman–Crippen LogP) is 4.23. The Bertz CT molecular complexity index is 1250. The van der Waals surface area contributed by atoms with E-state index in [1.54, 1.807) is 24.4 Å². The van der Waals surface area contributed by atoms with Gasteiger partial charge in [0.15, 0.2) is 5.76 Å². The van der Waals surface area contributed by atoms with Gasteiger partial charge < -0.3 is 25.7 Å². The fraction of sp³-hybridized carbons (Fsp3) is 0.462. The van der Waals surface area contributed by atoms with Crippen LogP contribution in [0, 0.1) is 0 Å². The number of amides is 1. The third-order valence-corrected chi connectivity index (χ3v) is 7.14. The van der Waals surface area contributed by atoms with Crippen molar-refractivity contribution in [1.29, 1.82) is 0 Å². The number of benzene rings is 1. The summed E-state index contributed by atoms with van der Waals surface area (Å²) in [6.07, 6.45) is 5.60. The summed E-state index contributed by atoms with van der Waals surface area (Å²) in [5.74, 6) is -1.09. The number of nitrogens with zero attached hydrogens (tertiary/aromatic N) is 4. The van der Waals surface area contributed by atoms with Gasteiger partial charge in [0.25, 0.3) is 6.01 Å². The lowest BCUT2D eigenvalue weighted by Crippen LogP contribution is -2.55. The van der Waals surface area contributed by atoms with E-state index in [2.05, 4.69) is 25.6 Å². The van der Waals surface area contributed by atoms with Crippen LogP contribution in [0.2, 0.25) is 0 Å². The van der Waals surface area contributed by atoms with E-state index in [0.29, 0.717) is 29.6 Å². The number of anilines is 2. The number of halogens is 3. The molecule has 2 aromatic heterocycles. The van der Waals surface area contributed by atoms with Gasteiger partial charge in [-0.2, -0.15) is 13.2 Å². The maximum absolute atomic E-state index is 12.8. The molecular formula is C26H30F3N7O2. The second kappa shape index (κ2) is 11.0. The van der Waals surface area contributed by atoms with E-state index in [1.165, 1.54) is 12.4 Å². The molecule has 3 heterocycles. The average Bonchev–Trinajstić information content (AvgIpc) is 3.38. The number of primary amides is 1. The maximum atomic E-state index is 12.8. The van der Waals surface area contributed by atoms with Crippen LogP contribution in [0.3, 0.4) is 0 Å². The molecule has 4 N–H and O–H groups in total. The van der Waals surface area contributed by atoms with E-state index < -0.39 is 17.9 Å². The van der Waals surface area contributed by atoms with Crippen LogP contribution in [0.4, 0.5) is 24.9 Å². The molecule has 2 aliphatic rings. The van der Waals surface area contributed by atoms with Gasteiger partial charge in [0.05, 0.1) is 24.3 Å². The third kappa shape index (κ3) is 6.07. The molecule has 12 heteroatoms. The first kappa shape index (κ1) is 26.0. The molecule has 3 atom stereocenters. The van der Waals surface area contributed by atoms with Crippen LogP contribution in [0.1, 0.15) is 54.7 Å². The predicted molar refractivity (Wildman–Crippen MR) is 136 cm³/mol. The Morgan fingerprint density at radius 3 is 2.53 bits per heavy atom. The van der Waals surface area contributed by atoms with Crippen LogP contribution in [0.15, 0.2) is 47.3 Å². The van der Waals surface area contributed by atoms with Gasteiger partial charge in [-0.3, -0.25) is 4.79 Å². The van der Waals surface area contributed by atoms with Crippen molar-refractivity contribution < 1.29 is 22.4 Å². The van der Waals surface area contributed by atoms with Gasteiger partial charge >= 0.3 is 6.18 Å². The number of nitrogens with two attached hydrogens (primary N) is 1. The summed E-state index contributed by atoms with van der Waals surface area (Å²) >= 11 is 0. The van der Waals surface area contributed by atoms with Crippen molar-refractivity contribution in [3.05, 3.63) is 54.2 Å². The molecule has 0 radical (unpaired) electrons. The highest BCUT2D eigenvalue weighted by Crippen LogP contribution is 2.29. The summed E-state index contributed by atoms with van der Waals surface area (Å²) in [5, 5.41) is 7.22. The van der Waals surface area contributed by atoms with Gasteiger partial charge in [-0.05, 0) is 37.8 Å². The largest absolute Gasteiger partial charge is 0.451 e. The normalized spacial score (nSPS) is 22.3. The SMILES string of the molecule is NC(=O)c1cccc(-c2cnc(N[C@@H]3CCCC[C@H]3NC3CCCN(c4cnc(C(F)(F)F)nc4)C3)o2)c1. The Labute approximate surface area is 218 Å². The first-order valence-corrected chi connectivity index (χ1v) is 12.8. The van der Waals surface area contributed by atoms with Crippen LogP contribution < -0.4 is 21.3 Å². The van der Waals surface area contributed by atoms with Crippen molar-refractivity contribution in [3.8, 4) is 11.3 Å². The number of carbonyl (C=O) groups is 1. The molecule has 1 saturated carbocycles. The van der Waals surface area contributed by atoms with Crippen molar-refractivity contribution in [2.75, 3.05) is 23.3 Å². The van der Waals surface area contributed by atoms with Gasteiger partial charge in [-0.15, -0.1) is 0 Å². The zero-order valence-electron chi connectivity index (χ0n) is 20.7. The number of hydrogen-bond acceptors (Lipinski definition) is 8. The molecule has 1 aliphatic heterocycles. The minimum Gasteiger partial charge on any atom is -0.424 e. The van der Waals surface area contributed by atoms with Gasteiger partial charge in [0.1, 0.15) is 0 Å². The third-order valence-electron chi connectivity index (χ3n) is 7.14. The smallest absolute Gasteiger partial charge is 0.424 e. The second-order valence-electron chi connectivity index (χ2n) is 9.83. The molecule has 0 spiro atoms. The zero-order chi connectivity index (χ0) is 26.7. The molecule has 1 aromatic carbocycles. The second-order valence-corrected chi connectivity index (χ2v) is 9.83. The van der Waals surface area contributed by atoms with Crippen LogP contribution in [0.5, 0.6) is 0 Å². The fourth-order valence-electron chi connectivity index (χ4n) is 5.24. The van der Waals surface area contributed by atoms with Crippen LogP contribution in [-0.2, 0) is 6.18 Å². The van der Waals surface area contributed by atoms with Crippen molar-refractivity contribution in [2.24, 2.45) is 5.73 Å². The van der Waals surface area contributed by atoms with E-state index in [9.17, 15) is 18.0 Å². The van der Waals surface area contributed by atoms with E-state index in [4.69, 9.17) is 10.2 Å². The number of nitrogens with one attached hydrogen (secondary N) is 2. The zero-order valence-corrected chi connectivity index (χ0v) is 20.7. The molecule has 1 unspecified atom stereocenters. The minimum atomic E-state index is -4.55. The fourth-order valence-corrected chi connectivity index (χ4v) is 5.24. The molecule has 5 rings (SSSR count). The molecule has 1 amide bonds. The van der Waals surface area contributed by atoms with Crippen molar-refractivity contribution >= 4 is 17.6 Å². The molecule has 1 saturated heterocycles. The topological polar surface area (TPSA) is 122 Å². The van der Waals surface area contributed by atoms with Crippen LogP contribution in [-0.4, -0.2) is 52.1 Å². The summed E-state index contributed by atoms with van der Waals surface area (Å²) < 4.78 is 44.4. The van der Waals surface area contributed by atoms with Gasteiger partial charge in [0, 0.05) is 42.3 Å². The molecule has 1 aliphatic carbocycles. The van der Waals surface area contributed by atoms with Gasteiger partial charge in [-0.25, -0.2) is 15.0 Å². The Kier molecular flexibility index (Phi) is 7.50. The van der Waals surface area contributed by atoms with E-state index in [-0.39, 0.29) is 18.1 Å². The van der Waals surface area contributed by atoms with E-state index >= 15 is 0 Å². The lowest BCUT2D eigenvalue weighted by Gasteiger charge is -2.40. The number of aromatic nitrogens is 3. The number of piperidine rings is 1. The number of hydrogen-bond donors (Lipinski definition) is 3. The van der Waals surface area contributed by atoms with Crippen LogP contribution >= 0.6 is 0 Å². The minimum absolute atomic E-state index is 0.108. The molecular weight excluding hydrogens is 499 g/mol.